The van der Waals surface area contributed by atoms with E-state index in [2.05, 4.69) is 15.9 Å². The lowest BCUT2D eigenvalue weighted by molar-refractivity contribution is -0.899. The smallest absolute Gasteiger partial charge is 0.137 e. The average Bonchev–Trinajstić information content (AvgIpc) is 2.69. The Bertz CT molecular complexity index is 405. The van der Waals surface area contributed by atoms with E-state index in [0.29, 0.717) is 5.02 Å². The van der Waals surface area contributed by atoms with E-state index in [1.54, 1.807) is 4.90 Å². The minimum atomic E-state index is 0.678. The molecule has 2 rings (SSSR count). The monoisotopic (exact) mass is 360 g/mol. The third kappa shape index (κ3) is 5.63. The molecule has 1 saturated heterocycles. The Hall–Kier alpha value is -0.250. The van der Waals surface area contributed by atoms with Crippen molar-refractivity contribution in [1.82, 2.24) is 0 Å². The summed E-state index contributed by atoms with van der Waals surface area (Å²) >= 11 is 9.52. The van der Waals surface area contributed by atoms with E-state index in [-0.39, 0.29) is 0 Å². The first-order valence-electron chi connectivity index (χ1n) is 7.67. The predicted octanol–water partition coefficient (Wildman–Crippen LogP) is 3.72. The average molecular weight is 362 g/mol. The molecule has 0 spiro atoms. The molecule has 1 N–H and O–H groups in total. The number of benzene rings is 1. The fourth-order valence-electron chi connectivity index (χ4n) is 2.73. The van der Waals surface area contributed by atoms with E-state index in [9.17, 15) is 0 Å². The maximum atomic E-state index is 6.12. The van der Waals surface area contributed by atoms with Crippen molar-refractivity contribution in [2.24, 2.45) is 0 Å². The van der Waals surface area contributed by atoms with Crippen LogP contribution in [0.25, 0.3) is 0 Å². The summed E-state index contributed by atoms with van der Waals surface area (Å²) in [6, 6.07) is 5.76. The molecule has 0 aromatic heterocycles. The maximum Gasteiger partial charge on any atom is 0.137 e. The van der Waals surface area contributed by atoms with Gasteiger partial charge in [0.1, 0.15) is 5.75 Å². The number of hydrogen-bond acceptors (Lipinski definition) is 1. The molecule has 1 fully saturated rings. The quantitative estimate of drug-likeness (QED) is 0.762. The van der Waals surface area contributed by atoms with Crippen molar-refractivity contribution in [2.45, 2.75) is 38.5 Å². The van der Waals surface area contributed by atoms with Crippen LogP contribution < -0.4 is 9.64 Å². The van der Waals surface area contributed by atoms with Gasteiger partial charge in [0.05, 0.1) is 31.3 Å². The van der Waals surface area contributed by atoms with Gasteiger partial charge >= 0.3 is 0 Å². The van der Waals surface area contributed by atoms with Crippen LogP contribution in [0.15, 0.2) is 22.7 Å². The number of hydrogen-bond donors (Lipinski definition) is 1. The van der Waals surface area contributed by atoms with E-state index < -0.39 is 0 Å². The lowest BCUT2D eigenvalue weighted by atomic mass is 10.2. The molecule has 0 radical (unpaired) electrons. The highest BCUT2D eigenvalue weighted by Crippen LogP contribution is 2.27. The zero-order valence-electron chi connectivity index (χ0n) is 12.0. The number of quaternary nitrogens is 1. The highest BCUT2D eigenvalue weighted by atomic mass is 79.9. The molecule has 2 nitrogen and oxygen atoms in total. The molecule has 0 bridgehead atoms. The van der Waals surface area contributed by atoms with Crippen LogP contribution in [0.2, 0.25) is 5.02 Å². The Kier molecular flexibility index (Phi) is 7.18. The number of halogens is 2. The Balaban J connectivity index is 1.61. The zero-order valence-corrected chi connectivity index (χ0v) is 14.3. The molecular formula is C16H24BrClNO+. The van der Waals surface area contributed by atoms with E-state index in [0.717, 1.165) is 23.2 Å². The summed E-state index contributed by atoms with van der Waals surface area (Å²) in [5.41, 5.74) is 0. The molecule has 0 atom stereocenters. The number of ether oxygens (including phenoxy) is 1. The fourth-order valence-corrected chi connectivity index (χ4v) is 3.46. The Morgan fingerprint density at radius 2 is 1.85 bits per heavy atom. The molecule has 1 heterocycles. The molecule has 4 heteroatoms. The molecule has 0 unspecified atom stereocenters. The highest BCUT2D eigenvalue weighted by molar-refractivity contribution is 9.10. The predicted molar refractivity (Wildman–Crippen MR) is 87.9 cm³/mol. The Morgan fingerprint density at radius 1 is 1.10 bits per heavy atom. The van der Waals surface area contributed by atoms with Crippen LogP contribution in [0.5, 0.6) is 5.75 Å². The van der Waals surface area contributed by atoms with Crippen molar-refractivity contribution >= 4 is 27.5 Å². The standard InChI is InChI=1S/C16H23BrClNO/c17-14-7-8-16(15(18)13-14)20-12-6-5-11-19-9-3-1-2-4-10-19/h7-8,13H,1-6,9-12H2/p+1. The fraction of sp³-hybridized carbons (Fsp3) is 0.625. The van der Waals surface area contributed by atoms with Crippen molar-refractivity contribution in [2.75, 3.05) is 26.2 Å². The molecule has 0 aliphatic carbocycles. The number of rotatable bonds is 6. The van der Waals surface area contributed by atoms with Crippen LogP contribution in [0.4, 0.5) is 0 Å². The van der Waals surface area contributed by atoms with Crippen molar-refractivity contribution in [3.8, 4) is 5.75 Å². The zero-order chi connectivity index (χ0) is 14.2. The second-order valence-electron chi connectivity index (χ2n) is 5.54. The van der Waals surface area contributed by atoms with Crippen LogP contribution in [-0.4, -0.2) is 26.2 Å². The number of likely N-dealkylation sites (tertiary alicyclic amines) is 1. The maximum absolute atomic E-state index is 6.12. The molecular weight excluding hydrogens is 338 g/mol. The molecule has 1 aliphatic heterocycles. The summed E-state index contributed by atoms with van der Waals surface area (Å²) in [7, 11) is 0. The van der Waals surface area contributed by atoms with Crippen LogP contribution in [0.3, 0.4) is 0 Å². The van der Waals surface area contributed by atoms with Crippen LogP contribution in [0.1, 0.15) is 38.5 Å². The van der Waals surface area contributed by atoms with E-state index in [4.69, 9.17) is 16.3 Å². The topological polar surface area (TPSA) is 13.7 Å². The van der Waals surface area contributed by atoms with Crippen LogP contribution >= 0.6 is 27.5 Å². The van der Waals surface area contributed by atoms with Gasteiger partial charge in [-0.1, -0.05) is 27.5 Å². The van der Waals surface area contributed by atoms with E-state index in [1.807, 2.05) is 18.2 Å². The van der Waals surface area contributed by atoms with Gasteiger partial charge in [-0.3, -0.25) is 0 Å². The summed E-state index contributed by atoms with van der Waals surface area (Å²) < 4.78 is 6.73. The molecule has 1 aromatic rings. The molecule has 0 saturated carbocycles. The van der Waals surface area contributed by atoms with Crippen LogP contribution in [-0.2, 0) is 0 Å². The van der Waals surface area contributed by atoms with Gasteiger partial charge in [0.2, 0.25) is 0 Å². The van der Waals surface area contributed by atoms with Gasteiger partial charge in [-0.25, -0.2) is 0 Å². The minimum absolute atomic E-state index is 0.678. The van der Waals surface area contributed by atoms with Gasteiger partial charge < -0.3 is 9.64 Å². The normalized spacial score (nSPS) is 16.9. The molecule has 1 aromatic carbocycles. The van der Waals surface area contributed by atoms with E-state index in [1.165, 1.54) is 51.7 Å². The minimum Gasteiger partial charge on any atom is -0.492 e. The lowest BCUT2D eigenvalue weighted by Crippen LogP contribution is -3.11. The number of nitrogens with one attached hydrogen (secondary N) is 1. The largest absolute Gasteiger partial charge is 0.492 e. The first kappa shape index (κ1) is 16.1. The molecule has 0 amide bonds. The first-order valence-corrected chi connectivity index (χ1v) is 8.84. The molecule has 20 heavy (non-hydrogen) atoms. The second-order valence-corrected chi connectivity index (χ2v) is 6.87. The SMILES string of the molecule is Clc1cc(Br)ccc1OCCCC[NH+]1CCCCCC1. The van der Waals surface area contributed by atoms with Gasteiger partial charge in [-0.2, -0.15) is 0 Å². The van der Waals surface area contributed by atoms with Crippen molar-refractivity contribution in [3.63, 3.8) is 0 Å². The summed E-state index contributed by atoms with van der Waals surface area (Å²) in [6.45, 7) is 4.77. The Morgan fingerprint density at radius 3 is 2.55 bits per heavy atom. The number of unbranched alkanes of at least 4 members (excludes halogenated alkanes) is 1. The lowest BCUT2D eigenvalue weighted by Gasteiger charge is -2.16. The second kappa shape index (κ2) is 8.91. The highest BCUT2D eigenvalue weighted by Gasteiger charge is 2.11. The molecule has 1 aliphatic rings. The van der Waals surface area contributed by atoms with Crippen molar-refractivity contribution < 1.29 is 9.64 Å². The summed E-state index contributed by atoms with van der Waals surface area (Å²) in [5, 5.41) is 0.678. The summed E-state index contributed by atoms with van der Waals surface area (Å²) in [5.74, 6) is 0.789. The third-order valence-corrected chi connectivity index (χ3v) is 4.68. The molecule has 112 valence electrons. The van der Waals surface area contributed by atoms with Gasteiger partial charge in [0.15, 0.2) is 0 Å². The van der Waals surface area contributed by atoms with Gasteiger partial charge in [-0.05, 0) is 56.7 Å². The van der Waals surface area contributed by atoms with Crippen LogP contribution in [0, 0.1) is 0 Å². The van der Waals surface area contributed by atoms with Gasteiger partial charge in [-0.15, -0.1) is 0 Å². The third-order valence-electron chi connectivity index (χ3n) is 3.89. The summed E-state index contributed by atoms with van der Waals surface area (Å²) in [6.07, 6.45) is 8.00. The Labute approximate surface area is 135 Å². The first-order chi connectivity index (χ1) is 9.75. The van der Waals surface area contributed by atoms with Gasteiger partial charge in [0.25, 0.3) is 0 Å². The van der Waals surface area contributed by atoms with Gasteiger partial charge in [0, 0.05) is 4.47 Å². The van der Waals surface area contributed by atoms with Crippen molar-refractivity contribution in [3.05, 3.63) is 27.7 Å². The van der Waals surface area contributed by atoms with E-state index >= 15 is 0 Å². The summed E-state index contributed by atoms with van der Waals surface area (Å²) in [4.78, 5) is 1.78. The van der Waals surface area contributed by atoms with Crippen molar-refractivity contribution in [1.29, 1.82) is 0 Å².